The smallest absolute Gasteiger partial charge is 0.420 e. The SMILES string of the molecule is [CH2]COCC1OCCCc2cc(OC)c(OC)c(C(F)(F)F)c21. The van der Waals surface area contributed by atoms with Crippen molar-refractivity contribution < 1.29 is 32.1 Å². The molecule has 0 aromatic heterocycles. The quantitative estimate of drug-likeness (QED) is 0.825. The second kappa shape index (κ2) is 7.40. The number of fused-ring (bicyclic) bond motifs is 1. The first-order valence-electron chi connectivity index (χ1n) is 7.27. The average Bonchev–Trinajstić information content (AvgIpc) is 2.71. The topological polar surface area (TPSA) is 36.9 Å². The molecular weight excluding hydrogens is 313 g/mol. The second-order valence-electron chi connectivity index (χ2n) is 5.10. The van der Waals surface area contributed by atoms with Crippen molar-refractivity contribution in [2.75, 3.05) is 34.0 Å². The fourth-order valence-electron chi connectivity index (χ4n) is 2.81. The molecule has 2 rings (SSSR count). The van der Waals surface area contributed by atoms with Gasteiger partial charge < -0.3 is 18.9 Å². The van der Waals surface area contributed by atoms with Gasteiger partial charge in [-0.3, -0.25) is 0 Å². The zero-order valence-electron chi connectivity index (χ0n) is 13.2. The van der Waals surface area contributed by atoms with Crippen molar-refractivity contribution >= 4 is 0 Å². The third-order valence-corrected chi connectivity index (χ3v) is 3.72. The van der Waals surface area contributed by atoms with Gasteiger partial charge in [0.2, 0.25) is 0 Å². The maximum Gasteiger partial charge on any atom is 0.420 e. The molecule has 1 atom stereocenters. The van der Waals surface area contributed by atoms with Crippen LogP contribution in [0, 0.1) is 6.92 Å². The highest BCUT2D eigenvalue weighted by Gasteiger charge is 2.42. The van der Waals surface area contributed by atoms with Gasteiger partial charge in [0.15, 0.2) is 11.5 Å². The van der Waals surface area contributed by atoms with Gasteiger partial charge in [0.1, 0.15) is 11.7 Å². The third kappa shape index (κ3) is 3.72. The van der Waals surface area contributed by atoms with E-state index in [1.165, 1.54) is 14.2 Å². The summed E-state index contributed by atoms with van der Waals surface area (Å²) >= 11 is 0. The molecule has 0 spiro atoms. The Morgan fingerprint density at radius 3 is 2.61 bits per heavy atom. The highest BCUT2D eigenvalue weighted by molar-refractivity contribution is 5.57. The number of hydrogen-bond acceptors (Lipinski definition) is 4. The first kappa shape index (κ1) is 17.9. The average molecular weight is 333 g/mol. The first-order valence-corrected chi connectivity index (χ1v) is 7.27. The zero-order valence-corrected chi connectivity index (χ0v) is 13.2. The molecule has 4 nitrogen and oxygen atoms in total. The molecule has 1 radical (unpaired) electrons. The van der Waals surface area contributed by atoms with Gasteiger partial charge in [-0.25, -0.2) is 0 Å². The van der Waals surface area contributed by atoms with Crippen LogP contribution in [0.5, 0.6) is 11.5 Å². The van der Waals surface area contributed by atoms with Gasteiger partial charge in [0.05, 0.1) is 20.8 Å². The van der Waals surface area contributed by atoms with Gasteiger partial charge in [-0.15, -0.1) is 0 Å². The molecule has 0 fully saturated rings. The van der Waals surface area contributed by atoms with Crippen molar-refractivity contribution in [3.63, 3.8) is 0 Å². The molecule has 0 bridgehead atoms. The van der Waals surface area contributed by atoms with E-state index in [2.05, 4.69) is 6.92 Å². The normalized spacial score (nSPS) is 18.3. The molecule has 129 valence electrons. The molecule has 0 aliphatic carbocycles. The summed E-state index contributed by atoms with van der Waals surface area (Å²) in [5.41, 5.74) is -0.236. The highest BCUT2D eigenvalue weighted by Crippen LogP contribution is 2.48. The Hall–Kier alpha value is -1.47. The molecule has 0 N–H and O–H groups in total. The van der Waals surface area contributed by atoms with Crippen molar-refractivity contribution in [3.8, 4) is 11.5 Å². The van der Waals surface area contributed by atoms with Crippen molar-refractivity contribution in [1.29, 1.82) is 0 Å². The first-order chi connectivity index (χ1) is 10.9. The van der Waals surface area contributed by atoms with Gasteiger partial charge in [-0.2, -0.15) is 13.2 Å². The van der Waals surface area contributed by atoms with Crippen molar-refractivity contribution in [1.82, 2.24) is 0 Å². The summed E-state index contributed by atoms with van der Waals surface area (Å²) in [4.78, 5) is 0. The molecular formula is C16H20F3O4. The van der Waals surface area contributed by atoms with Crippen LogP contribution in [-0.2, 0) is 22.1 Å². The Bertz CT molecular complexity index is 543. The number of methoxy groups -OCH3 is 2. The fourth-order valence-corrected chi connectivity index (χ4v) is 2.81. The monoisotopic (exact) mass is 333 g/mol. The van der Waals surface area contributed by atoms with Crippen LogP contribution in [0.1, 0.15) is 29.2 Å². The minimum Gasteiger partial charge on any atom is -0.493 e. The predicted octanol–water partition coefficient (Wildman–Crippen LogP) is 3.58. The van der Waals surface area contributed by atoms with E-state index in [0.29, 0.717) is 25.0 Å². The predicted molar refractivity (Wildman–Crippen MR) is 77.7 cm³/mol. The lowest BCUT2D eigenvalue weighted by Gasteiger charge is -2.25. The summed E-state index contributed by atoms with van der Waals surface area (Å²) in [6.45, 7) is 4.07. The Kier molecular flexibility index (Phi) is 5.75. The standard InChI is InChI=1S/C16H20F3O4/c1-4-22-9-12-13-10(6-5-7-23-12)8-11(20-2)15(21-3)14(13)16(17,18)19/h8,12H,1,4-7,9H2,2-3H3. The van der Waals surface area contributed by atoms with E-state index in [-0.39, 0.29) is 30.3 Å². The van der Waals surface area contributed by atoms with Gasteiger partial charge in [0, 0.05) is 18.8 Å². The minimum absolute atomic E-state index is 0.00899. The van der Waals surface area contributed by atoms with Crippen LogP contribution >= 0.6 is 0 Å². The lowest BCUT2D eigenvalue weighted by molar-refractivity contribution is -0.141. The molecule has 0 saturated carbocycles. The molecule has 1 heterocycles. The van der Waals surface area contributed by atoms with Crippen molar-refractivity contribution in [3.05, 3.63) is 29.7 Å². The van der Waals surface area contributed by atoms with Crippen LogP contribution in [0.3, 0.4) is 0 Å². The van der Waals surface area contributed by atoms with E-state index in [4.69, 9.17) is 18.9 Å². The molecule has 1 aromatic carbocycles. The van der Waals surface area contributed by atoms with Crippen LogP contribution < -0.4 is 9.47 Å². The number of halogens is 3. The largest absolute Gasteiger partial charge is 0.493 e. The maximum absolute atomic E-state index is 13.7. The molecule has 1 aliphatic rings. The lowest BCUT2D eigenvalue weighted by atomic mass is 9.92. The summed E-state index contributed by atoms with van der Waals surface area (Å²) in [7, 11) is 2.51. The summed E-state index contributed by atoms with van der Waals surface area (Å²) < 4.78 is 62.1. The summed E-state index contributed by atoms with van der Waals surface area (Å²) in [6.07, 6.45) is -4.31. The maximum atomic E-state index is 13.7. The van der Waals surface area contributed by atoms with E-state index < -0.39 is 17.8 Å². The molecule has 1 aliphatic heterocycles. The van der Waals surface area contributed by atoms with E-state index in [0.717, 1.165) is 0 Å². The van der Waals surface area contributed by atoms with Crippen LogP contribution in [0.15, 0.2) is 6.07 Å². The number of alkyl halides is 3. The number of ether oxygens (including phenoxy) is 4. The zero-order chi connectivity index (χ0) is 17.0. The molecule has 23 heavy (non-hydrogen) atoms. The van der Waals surface area contributed by atoms with Crippen LogP contribution in [-0.4, -0.2) is 34.0 Å². The van der Waals surface area contributed by atoms with Crippen molar-refractivity contribution in [2.45, 2.75) is 25.1 Å². The van der Waals surface area contributed by atoms with E-state index in [9.17, 15) is 13.2 Å². The Balaban J connectivity index is 2.68. The molecule has 7 heteroatoms. The fraction of sp³-hybridized carbons (Fsp3) is 0.562. The molecule has 0 amide bonds. The van der Waals surface area contributed by atoms with Gasteiger partial charge in [-0.05, 0) is 31.4 Å². The molecule has 1 unspecified atom stereocenters. The van der Waals surface area contributed by atoms with Crippen LogP contribution in [0.2, 0.25) is 0 Å². The summed E-state index contributed by atoms with van der Waals surface area (Å²) in [6, 6.07) is 1.59. The van der Waals surface area contributed by atoms with Gasteiger partial charge >= 0.3 is 6.18 Å². The van der Waals surface area contributed by atoms with Crippen molar-refractivity contribution in [2.24, 2.45) is 0 Å². The Morgan fingerprint density at radius 2 is 2.04 bits per heavy atom. The Labute approximate surface area is 133 Å². The number of hydrogen-bond donors (Lipinski definition) is 0. The van der Waals surface area contributed by atoms with E-state index in [1.807, 2.05) is 0 Å². The summed E-state index contributed by atoms with van der Waals surface area (Å²) in [5.74, 6) is -0.263. The van der Waals surface area contributed by atoms with Gasteiger partial charge in [0.25, 0.3) is 0 Å². The molecule has 1 aromatic rings. The van der Waals surface area contributed by atoms with E-state index in [1.54, 1.807) is 6.07 Å². The van der Waals surface area contributed by atoms with Gasteiger partial charge in [-0.1, -0.05) is 0 Å². The lowest BCUT2D eigenvalue weighted by Crippen LogP contribution is -2.20. The van der Waals surface area contributed by atoms with Crippen LogP contribution in [0.25, 0.3) is 0 Å². The van der Waals surface area contributed by atoms with E-state index >= 15 is 0 Å². The Morgan fingerprint density at radius 1 is 1.30 bits per heavy atom. The number of rotatable bonds is 5. The summed E-state index contributed by atoms with van der Waals surface area (Å²) in [5, 5.41) is 0. The number of aryl methyl sites for hydroxylation is 1. The molecule has 0 saturated heterocycles. The second-order valence-corrected chi connectivity index (χ2v) is 5.10. The third-order valence-electron chi connectivity index (χ3n) is 3.72. The number of benzene rings is 1. The van der Waals surface area contributed by atoms with Crippen LogP contribution in [0.4, 0.5) is 13.2 Å². The highest BCUT2D eigenvalue weighted by atomic mass is 19.4. The minimum atomic E-state index is -4.60.